The van der Waals surface area contributed by atoms with E-state index in [1.807, 2.05) is 35.0 Å². The zero-order chi connectivity index (χ0) is 19.4. The normalized spacial score (nSPS) is 11.2. The first-order valence-corrected chi connectivity index (χ1v) is 10.2. The van der Waals surface area contributed by atoms with Crippen LogP contribution in [0.1, 0.15) is 15.9 Å². The number of aromatic nitrogens is 2. The Hall–Kier alpha value is -2.84. The molecular weight excluding hydrogens is 388 g/mol. The molecule has 1 amide bonds. The maximum Gasteiger partial charge on any atom is 0.253 e. The zero-order valence-electron chi connectivity index (χ0n) is 14.4. The molecule has 0 atom stereocenters. The van der Waals surface area contributed by atoms with Gasteiger partial charge in [-0.25, -0.2) is 13.4 Å². The lowest BCUT2D eigenvalue weighted by Crippen LogP contribution is -2.24. The molecule has 0 fully saturated rings. The monoisotopic (exact) mass is 404 g/mol. The second-order valence-corrected chi connectivity index (χ2v) is 8.01. The summed E-state index contributed by atoms with van der Waals surface area (Å²) in [6.45, 7) is 0.298. The van der Waals surface area contributed by atoms with Gasteiger partial charge in [-0.2, -0.15) is 0 Å². The number of para-hydroxylation sites is 1. The predicted molar refractivity (Wildman–Crippen MR) is 105 cm³/mol. The number of carbonyl (C=O) groups excluding carboxylic acids is 1. The summed E-state index contributed by atoms with van der Waals surface area (Å²) in [5, 5.41) is 2.99. The third kappa shape index (κ3) is 4.87. The van der Waals surface area contributed by atoms with Gasteiger partial charge in [-0.05, 0) is 29.8 Å². The summed E-state index contributed by atoms with van der Waals surface area (Å²) in [5.41, 5.74) is 2.38. The van der Waals surface area contributed by atoms with E-state index in [-0.39, 0.29) is 16.5 Å². The average Bonchev–Trinajstić information content (AvgIpc) is 3.13. The number of hydrogen-bond donors (Lipinski definition) is 2. The van der Waals surface area contributed by atoms with E-state index in [9.17, 15) is 13.2 Å². The molecule has 0 aliphatic rings. The molecule has 0 aliphatic carbocycles. The third-order valence-corrected chi connectivity index (χ3v) is 4.65. The van der Waals surface area contributed by atoms with Crippen molar-refractivity contribution < 1.29 is 13.2 Å². The molecule has 3 aromatic rings. The molecule has 2 aromatic carbocycles. The molecule has 9 heteroatoms. The predicted octanol–water partition coefficient (Wildman–Crippen LogP) is 2.83. The summed E-state index contributed by atoms with van der Waals surface area (Å²) < 4.78 is 26.7. The second-order valence-electron chi connectivity index (χ2n) is 5.85. The van der Waals surface area contributed by atoms with Crippen molar-refractivity contribution in [1.82, 2.24) is 14.9 Å². The highest BCUT2D eigenvalue weighted by atomic mass is 35.5. The number of rotatable bonds is 6. The topological polar surface area (TPSA) is 93.1 Å². The van der Waals surface area contributed by atoms with Crippen LogP contribution in [0.25, 0.3) is 5.69 Å². The fraction of sp³-hybridized carbons (Fsp3) is 0.111. The summed E-state index contributed by atoms with van der Waals surface area (Å²) in [5.74, 6) is -0.355. The first-order valence-electron chi connectivity index (χ1n) is 7.95. The number of halogens is 1. The molecule has 0 saturated carbocycles. The van der Waals surface area contributed by atoms with E-state index in [0.717, 1.165) is 17.5 Å². The number of carbonyl (C=O) groups is 1. The summed E-state index contributed by atoms with van der Waals surface area (Å²) in [6, 6.07) is 12.0. The largest absolute Gasteiger partial charge is 0.348 e. The first kappa shape index (κ1) is 18.9. The standard InChI is InChI=1S/C18H17ClN4O3S/c1-27(25,26)22-14-6-7-15(16(19)10-14)18(24)21-11-13-4-2-3-5-17(13)23-9-8-20-12-23/h2-10,12,22H,11H2,1H3,(H,21,24). The highest BCUT2D eigenvalue weighted by Crippen LogP contribution is 2.22. The van der Waals surface area contributed by atoms with Crippen LogP contribution in [-0.4, -0.2) is 30.1 Å². The zero-order valence-corrected chi connectivity index (χ0v) is 16.0. The number of benzene rings is 2. The molecule has 27 heavy (non-hydrogen) atoms. The molecule has 1 heterocycles. The Morgan fingerprint density at radius 1 is 1.22 bits per heavy atom. The van der Waals surface area contributed by atoms with Gasteiger partial charge in [-0.3, -0.25) is 9.52 Å². The van der Waals surface area contributed by atoms with Crippen molar-refractivity contribution in [3.05, 3.63) is 77.3 Å². The lowest BCUT2D eigenvalue weighted by molar-refractivity contribution is 0.0951. The van der Waals surface area contributed by atoms with Crippen molar-refractivity contribution in [1.29, 1.82) is 0 Å². The van der Waals surface area contributed by atoms with E-state index in [4.69, 9.17) is 11.6 Å². The Morgan fingerprint density at radius 3 is 2.67 bits per heavy atom. The van der Waals surface area contributed by atoms with Crippen LogP contribution in [0, 0.1) is 0 Å². The van der Waals surface area contributed by atoms with Gasteiger partial charge < -0.3 is 9.88 Å². The quantitative estimate of drug-likeness (QED) is 0.660. The number of nitrogens with one attached hydrogen (secondary N) is 2. The Kier molecular flexibility index (Phi) is 5.48. The molecular formula is C18H17ClN4O3S. The smallest absolute Gasteiger partial charge is 0.253 e. The summed E-state index contributed by atoms with van der Waals surface area (Å²) in [7, 11) is -3.42. The van der Waals surface area contributed by atoms with Crippen molar-refractivity contribution in [2.45, 2.75) is 6.54 Å². The number of amides is 1. The van der Waals surface area contributed by atoms with Crippen molar-refractivity contribution in [2.75, 3.05) is 11.0 Å². The highest BCUT2D eigenvalue weighted by molar-refractivity contribution is 7.92. The van der Waals surface area contributed by atoms with E-state index in [2.05, 4.69) is 15.0 Å². The summed E-state index contributed by atoms with van der Waals surface area (Å²) in [6.07, 6.45) is 6.23. The Labute approximate surface area is 162 Å². The molecule has 0 aliphatic heterocycles. The van der Waals surface area contributed by atoms with Crippen molar-refractivity contribution in [3.63, 3.8) is 0 Å². The molecule has 1 aromatic heterocycles. The van der Waals surface area contributed by atoms with Crippen LogP contribution in [0.15, 0.2) is 61.2 Å². The number of sulfonamides is 1. The highest BCUT2D eigenvalue weighted by Gasteiger charge is 2.13. The van der Waals surface area contributed by atoms with E-state index < -0.39 is 10.0 Å². The average molecular weight is 405 g/mol. The van der Waals surface area contributed by atoms with Crippen molar-refractivity contribution in [3.8, 4) is 5.69 Å². The number of hydrogen-bond acceptors (Lipinski definition) is 4. The molecule has 0 radical (unpaired) electrons. The fourth-order valence-corrected chi connectivity index (χ4v) is 3.38. The minimum Gasteiger partial charge on any atom is -0.348 e. The summed E-state index contributed by atoms with van der Waals surface area (Å²) in [4.78, 5) is 16.5. The van der Waals surface area contributed by atoms with Gasteiger partial charge in [0.2, 0.25) is 10.0 Å². The van der Waals surface area contributed by atoms with Gasteiger partial charge in [0.25, 0.3) is 5.91 Å². The van der Waals surface area contributed by atoms with E-state index in [1.54, 1.807) is 12.5 Å². The number of imidazole rings is 1. The van der Waals surface area contributed by atoms with Crippen molar-refractivity contribution in [2.24, 2.45) is 0 Å². The number of nitrogens with zero attached hydrogens (tertiary/aromatic N) is 2. The van der Waals surface area contributed by atoms with Gasteiger partial charge in [-0.1, -0.05) is 29.8 Å². The fourth-order valence-electron chi connectivity index (χ4n) is 2.56. The van der Waals surface area contributed by atoms with Crippen LogP contribution in [0.5, 0.6) is 0 Å². The maximum atomic E-state index is 12.5. The molecule has 0 bridgehead atoms. The molecule has 7 nitrogen and oxygen atoms in total. The SMILES string of the molecule is CS(=O)(=O)Nc1ccc(C(=O)NCc2ccccc2-n2ccnc2)c(Cl)c1. The van der Waals surface area contributed by atoms with Crippen LogP contribution < -0.4 is 10.0 Å². The lowest BCUT2D eigenvalue weighted by atomic mass is 10.1. The van der Waals surface area contributed by atoms with Gasteiger partial charge in [0.05, 0.1) is 28.9 Å². The Balaban J connectivity index is 1.74. The lowest BCUT2D eigenvalue weighted by Gasteiger charge is -2.12. The third-order valence-electron chi connectivity index (χ3n) is 3.73. The van der Waals surface area contributed by atoms with Gasteiger partial charge in [0.1, 0.15) is 0 Å². The van der Waals surface area contributed by atoms with E-state index >= 15 is 0 Å². The van der Waals surface area contributed by atoms with Gasteiger partial charge >= 0.3 is 0 Å². The Morgan fingerprint density at radius 2 is 2.00 bits per heavy atom. The van der Waals surface area contributed by atoms with Crippen LogP contribution in [0.4, 0.5) is 5.69 Å². The van der Waals surface area contributed by atoms with Crippen molar-refractivity contribution >= 4 is 33.2 Å². The van der Waals surface area contributed by atoms with E-state index in [0.29, 0.717) is 12.2 Å². The molecule has 3 rings (SSSR count). The first-order chi connectivity index (χ1) is 12.8. The molecule has 0 spiro atoms. The molecule has 2 N–H and O–H groups in total. The van der Waals surface area contributed by atoms with Gasteiger partial charge in [-0.15, -0.1) is 0 Å². The molecule has 140 valence electrons. The Bertz CT molecular complexity index is 1070. The van der Waals surface area contributed by atoms with Crippen LogP contribution in [0.3, 0.4) is 0 Å². The van der Waals surface area contributed by atoms with Crippen LogP contribution in [0.2, 0.25) is 5.02 Å². The second kappa shape index (κ2) is 7.81. The van der Waals surface area contributed by atoms with Crippen LogP contribution in [-0.2, 0) is 16.6 Å². The van der Waals surface area contributed by atoms with Gasteiger partial charge in [0, 0.05) is 24.6 Å². The maximum absolute atomic E-state index is 12.5. The molecule has 0 unspecified atom stereocenters. The van der Waals surface area contributed by atoms with Crippen LogP contribution >= 0.6 is 11.6 Å². The minimum atomic E-state index is -3.42. The van der Waals surface area contributed by atoms with Gasteiger partial charge in [0.15, 0.2) is 0 Å². The van der Waals surface area contributed by atoms with E-state index in [1.165, 1.54) is 18.2 Å². The number of anilines is 1. The molecule has 0 saturated heterocycles. The summed E-state index contributed by atoms with van der Waals surface area (Å²) >= 11 is 6.14. The minimum absolute atomic E-state index is 0.157.